The van der Waals surface area contributed by atoms with Gasteiger partial charge in [0.2, 0.25) is 0 Å². The molecule has 0 aromatic heterocycles. The Hall–Kier alpha value is -3.36. The van der Waals surface area contributed by atoms with E-state index in [9.17, 15) is 9.90 Å². The van der Waals surface area contributed by atoms with Crippen LogP contribution in [-0.2, 0) is 11.3 Å². The van der Waals surface area contributed by atoms with Gasteiger partial charge in [-0.25, -0.2) is 0 Å². The van der Waals surface area contributed by atoms with Gasteiger partial charge in [0.15, 0.2) is 5.84 Å². The molecule has 1 heterocycles. The lowest BCUT2D eigenvalue weighted by Crippen LogP contribution is -2.44. The number of likely N-dealkylation sites (N-methyl/N-ethyl adjacent to an activating group) is 1. The second-order valence-electron chi connectivity index (χ2n) is 10.3. The lowest BCUT2D eigenvalue weighted by Gasteiger charge is -2.32. The lowest BCUT2D eigenvalue weighted by molar-refractivity contribution is -0.115. The number of nitrogens with one attached hydrogen (secondary N) is 2. The van der Waals surface area contributed by atoms with Crippen molar-refractivity contribution < 1.29 is 14.6 Å². The van der Waals surface area contributed by atoms with Crippen LogP contribution in [0.25, 0.3) is 5.70 Å². The van der Waals surface area contributed by atoms with Crippen LogP contribution >= 0.6 is 0 Å². The van der Waals surface area contributed by atoms with Crippen LogP contribution in [0.3, 0.4) is 0 Å². The highest BCUT2D eigenvalue weighted by molar-refractivity contribution is 6.44. The third kappa shape index (κ3) is 6.90. The average molecular weight is 508 g/mol. The molecule has 1 fully saturated rings. The predicted octanol–water partition coefficient (Wildman–Crippen LogP) is 4.25. The zero-order chi connectivity index (χ0) is 27.3. The maximum absolute atomic E-state index is 12.9. The number of carbonyl (C=O) groups is 1. The number of carbonyl (C=O) groups excluding carboxylic acids is 1. The van der Waals surface area contributed by atoms with Gasteiger partial charge in [-0.3, -0.25) is 20.0 Å². The minimum Gasteiger partial charge on any atom is -0.507 e. The molecule has 3 N–H and O–H groups in total. The van der Waals surface area contributed by atoms with Crippen LogP contribution in [0.5, 0.6) is 11.5 Å². The van der Waals surface area contributed by atoms with E-state index in [2.05, 4.69) is 28.7 Å². The number of hydrogen-bond acceptors (Lipinski definition) is 6. The molecular formula is C29H41N5O3. The Morgan fingerprint density at radius 3 is 2.30 bits per heavy atom. The number of amidine groups is 1. The molecule has 1 saturated heterocycles. The Kier molecular flexibility index (Phi) is 9.34. The molecule has 1 aliphatic heterocycles. The Balaban J connectivity index is 1.96. The number of methoxy groups -OCH3 is 1. The fraction of sp³-hybridized carbons (Fsp3) is 0.448. The van der Waals surface area contributed by atoms with E-state index >= 15 is 0 Å². The van der Waals surface area contributed by atoms with Crippen LogP contribution in [0.1, 0.15) is 50.3 Å². The Bertz CT molecular complexity index is 1120. The van der Waals surface area contributed by atoms with Crippen LogP contribution in [0.15, 0.2) is 43.0 Å². The van der Waals surface area contributed by atoms with Crippen molar-refractivity contribution in [3.63, 3.8) is 0 Å². The summed E-state index contributed by atoms with van der Waals surface area (Å²) < 4.78 is 5.46. The first-order chi connectivity index (χ1) is 17.5. The lowest BCUT2D eigenvalue weighted by atomic mass is 9.97. The molecule has 1 amide bonds. The number of anilines is 1. The van der Waals surface area contributed by atoms with Gasteiger partial charge in [0.05, 0.1) is 12.8 Å². The number of phenols is 1. The van der Waals surface area contributed by atoms with Crippen LogP contribution in [-0.4, -0.2) is 73.0 Å². The van der Waals surface area contributed by atoms with Gasteiger partial charge in [-0.1, -0.05) is 32.6 Å². The van der Waals surface area contributed by atoms with E-state index in [0.29, 0.717) is 22.7 Å². The summed E-state index contributed by atoms with van der Waals surface area (Å²) in [5.74, 6) is -0.105. The molecule has 8 heteroatoms. The van der Waals surface area contributed by atoms with Crippen LogP contribution < -0.4 is 15.0 Å². The molecule has 0 saturated carbocycles. The first-order valence-corrected chi connectivity index (χ1v) is 12.8. The van der Waals surface area contributed by atoms with Gasteiger partial charge in [-0.15, -0.1) is 0 Å². The molecule has 2 aromatic carbocycles. The molecule has 0 bridgehead atoms. The van der Waals surface area contributed by atoms with Crippen molar-refractivity contribution in [2.75, 3.05) is 45.2 Å². The van der Waals surface area contributed by atoms with Crippen LogP contribution in [0.2, 0.25) is 0 Å². The van der Waals surface area contributed by atoms with E-state index in [1.807, 2.05) is 58.0 Å². The minimum absolute atomic E-state index is 0.0278. The zero-order valence-electron chi connectivity index (χ0n) is 23.0. The maximum atomic E-state index is 12.9. The normalized spacial score (nSPS) is 14.6. The highest BCUT2D eigenvalue weighted by Crippen LogP contribution is 2.38. The van der Waals surface area contributed by atoms with Gasteiger partial charge < -0.3 is 20.1 Å². The van der Waals surface area contributed by atoms with E-state index in [-0.39, 0.29) is 23.5 Å². The van der Waals surface area contributed by atoms with Crippen molar-refractivity contribution in [3.8, 4) is 11.5 Å². The Morgan fingerprint density at radius 1 is 1.14 bits per heavy atom. The van der Waals surface area contributed by atoms with Crippen LogP contribution in [0, 0.1) is 5.41 Å². The smallest absolute Gasteiger partial charge is 0.287 e. The molecule has 2 aromatic rings. The molecule has 37 heavy (non-hydrogen) atoms. The van der Waals surface area contributed by atoms with E-state index in [1.165, 1.54) is 4.90 Å². The summed E-state index contributed by atoms with van der Waals surface area (Å²) in [6.07, 6.45) is 0. The number of phenolic OH excluding ortho intramolecular Hbond substituents is 1. The van der Waals surface area contributed by atoms with E-state index in [1.54, 1.807) is 13.2 Å². The van der Waals surface area contributed by atoms with Gasteiger partial charge in [0.25, 0.3) is 5.91 Å². The molecule has 200 valence electrons. The largest absolute Gasteiger partial charge is 0.507 e. The molecule has 0 aliphatic carbocycles. The highest BCUT2D eigenvalue weighted by atomic mass is 16.5. The number of nitrogens with zero attached hydrogens (tertiary/aromatic N) is 3. The van der Waals surface area contributed by atoms with E-state index < -0.39 is 5.91 Å². The van der Waals surface area contributed by atoms with Gasteiger partial charge in [-0.2, -0.15) is 0 Å². The first kappa shape index (κ1) is 28.2. The zero-order valence-corrected chi connectivity index (χ0v) is 23.0. The molecule has 8 nitrogen and oxygen atoms in total. The summed E-state index contributed by atoms with van der Waals surface area (Å²) in [4.78, 5) is 19.2. The minimum atomic E-state index is -0.519. The van der Waals surface area contributed by atoms with Gasteiger partial charge in [0.1, 0.15) is 11.5 Å². The first-order valence-electron chi connectivity index (χ1n) is 12.8. The maximum Gasteiger partial charge on any atom is 0.287 e. The second-order valence-corrected chi connectivity index (χ2v) is 10.3. The molecule has 3 rings (SSSR count). The van der Waals surface area contributed by atoms with Crippen molar-refractivity contribution in [2.45, 2.75) is 46.2 Å². The number of rotatable bonds is 8. The van der Waals surface area contributed by atoms with Crippen LogP contribution in [0.4, 0.5) is 5.69 Å². The van der Waals surface area contributed by atoms with Crippen molar-refractivity contribution >= 4 is 23.1 Å². The molecule has 0 spiro atoms. The number of piperazine rings is 1. The van der Waals surface area contributed by atoms with Crippen molar-refractivity contribution in [1.29, 1.82) is 5.41 Å². The quantitative estimate of drug-likeness (QED) is 0.366. The summed E-state index contributed by atoms with van der Waals surface area (Å²) in [6.45, 7) is 17.0. The topological polar surface area (TPSA) is 92.1 Å². The highest BCUT2D eigenvalue weighted by Gasteiger charge is 2.26. The third-order valence-electron chi connectivity index (χ3n) is 6.61. The summed E-state index contributed by atoms with van der Waals surface area (Å²) in [5, 5.41) is 22.4. The van der Waals surface area contributed by atoms with E-state index in [4.69, 9.17) is 10.1 Å². The van der Waals surface area contributed by atoms with Gasteiger partial charge in [-0.05, 0) is 56.1 Å². The molecule has 1 aliphatic rings. The number of aromatic hydroxyl groups is 1. The van der Waals surface area contributed by atoms with Crippen molar-refractivity contribution in [1.82, 2.24) is 15.1 Å². The Labute approximate surface area is 221 Å². The number of ether oxygens (including phenoxy) is 1. The molecular weight excluding hydrogens is 466 g/mol. The monoisotopic (exact) mass is 507 g/mol. The fourth-order valence-corrected chi connectivity index (χ4v) is 4.43. The fourth-order valence-electron chi connectivity index (χ4n) is 4.43. The molecule has 0 unspecified atom stereocenters. The van der Waals surface area contributed by atoms with Crippen molar-refractivity contribution in [2.24, 2.45) is 0 Å². The summed E-state index contributed by atoms with van der Waals surface area (Å²) in [5.41, 5.74) is 3.45. The number of amides is 1. The average Bonchev–Trinajstić information content (AvgIpc) is 2.85. The molecule has 0 atom stereocenters. The Morgan fingerprint density at radius 2 is 1.76 bits per heavy atom. The van der Waals surface area contributed by atoms with Gasteiger partial charge in [0, 0.05) is 56.1 Å². The molecule has 0 radical (unpaired) electrons. The number of hydrogen-bond donors (Lipinski definition) is 3. The van der Waals surface area contributed by atoms with Gasteiger partial charge >= 0.3 is 0 Å². The van der Waals surface area contributed by atoms with E-state index in [0.717, 1.165) is 43.9 Å². The standard InChI is InChI=1S/C29H41N5O3/c1-19(2)24-16-25(26(35)17-27(24)37-7)21(5)34(28(30)29(36)31-20(3)4)23-10-8-22(9-11-23)18-33-14-12-32(6)13-15-33/h8-11,16-17,19-20,30,35H,5,12-15,18H2,1-4,6-7H3,(H,31,36). The summed E-state index contributed by atoms with van der Waals surface area (Å²) in [6, 6.07) is 11.1. The second kappa shape index (κ2) is 12.3. The number of benzene rings is 2. The summed E-state index contributed by atoms with van der Waals surface area (Å²) in [7, 11) is 3.71. The van der Waals surface area contributed by atoms with Crippen molar-refractivity contribution in [3.05, 3.63) is 59.7 Å². The SMILES string of the molecule is C=C(c1cc(C(C)C)c(OC)cc1O)N(C(=N)C(=O)NC(C)C)c1ccc(CN2CCN(C)CC2)cc1. The summed E-state index contributed by atoms with van der Waals surface area (Å²) >= 11 is 0. The predicted molar refractivity (Wildman–Crippen MR) is 150 cm³/mol. The third-order valence-corrected chi connectivity index (χ3v) is 6.61.